The molecule has 6 heteroatoms. The minimum absolute atomic E-state index is 0.153. The Balaban J connectivity index is 1.87. The molecule has 0 saturated carbocycles. The second-order valence-electron chi connectivity index (χ2n) is 5.51. The molecule has 0 aliphatic carbocycles. The third-order valence-corrected chi connectivity index (χ3v) is 4.57. The number of carbonyl (C=O) groups is 1. The number of nitrogens with zero attached hydrogens (tertiary/aromatic N) is 2. The van der Waals surface area contributed by atoms with Gasteiger partial charge in [-0.15, -0.1) is 6.58 Å². The molecule has 0 radical (unpaired) electrons. The Morgan fingerprint density at radius 2 is 2.20 bits per heavy atom. The van der Waals surface area contributed by atoms with Crippen molar-refractivity contribution >= 4 is 27.5 Å². The van der Waals surface area contributed by atoms with Crippen molar-refractivity contribution in [3.05, 3.63) is 71.3 Å². The Morgan fingerprint density at radius 1 is 1.36 bits per heavy atom. The number of benzene rings is 2. The molecule has 128 valence electrons. The fraction of sp³-hybridized carbons (Fsp3) is 0.158. The first-order valence-electron chi connectivity index (χ1n) is 7.73. The fourth-order valence-electron chi connectivity index (χ4n) is 2.43. The molecular formula is C19H17FN2O2S. The van der Waals surface area contributed by atoms with Crippen LogP contribution in [0.3, 0.4) is 0 Å². The SMILES string of the molecule is C=CCn1c(=NC(=O)COc2cccc(C)c2)sc2cc(F)ccc21. The first-order chi connectivity index (χ1) is 12.1. The average Bonchev–Trinajstić information content (AvgIpc) is 2.90. The number of allylic oxidation sites excluding steroid dienone is 1. The highest BCUT2D eigenvalue weighted by molar-refractivity contribution is 7.16. The number of carbonyl (C=O) groups excluding carboxylic acids is 1. The van der Waals surface area contributed by atoms with Gasteiger partial charge in [-0.25, -0.2) is 4.39 Å². The lowest BCUT2D eigenvalue weighted by atomic mass is 10.2. The van der Waals surface area contributed by atoms with Gasteiger partial charge in [0.25, 0.3) is 5.91 Å². The van der Waals surface area contributed by atoms with Crippen LogP contribution in [0.4, 0.5) is 4.39 Å². The minimum Gasteiger partial charge on any atom is -0.484 e. The molecule has 0 bridgehead atoms. The van der Waals surface area contributed by atoms with Gasteiger partial charge in [-0.1, -0.05) is 29.5 Å². The molecular weight excluding hydrogens is 339 g/mol. The maximum absolute atomic E-state index is 13.4. The summed E-state index contributed by atoms with van der Waals surface area (Å²) in [5.41, 5.74) is 1.87. The number of hydrogen-bond acceptors (Lipinski definition) is 3. The highest BCUT2D eigenvalue weighted by Crippen LogP contribution is 2.18. The van der Waals surface area contributed by atoms with Crippen molar-refractivity contribution in [2.75, 3.05) is 6.61 Å². The van der Waals surface area contributed by atoms with Crippen molar-refractivity contribution in [1.82, 2.24) is 4.57 Å². The summed E-state index contributed by atoms with van der Waals surface area (Å²) in [6.45, 7) is 6.00. The van der Waals surface area contributed by atoms with Gasteiger partial charge in [0.05, 0.1) is 10.2 Å². The van der Waals surface area contributed by atoms with E-state index in [1.54, 1.807) is 18.2 Å². The first kappa shape index (κ1) is 17.1. The molecule has 2 aromatic carbocycles. The standard InChI is InChI=1S/C19H17FN2O2S/c1-3-9-22-16-8-7-14(20)11-17(16)25-19(22)21-18(23)12-24-15-6-4-5-13(2)10-15/h3-8,10-11H,1,9,12H2,2H3. The third-order valence-electron chi connectivity index (χ3n) is 3.53. The lowest BCUT2D eigenvalue weighted by molar-refractivity contribution is -0.120. The Kier molecular flexibility index (Phi) is 5.09. The molecule has 0 saturated heterocycles. The van der Waals surface area contributed by atoms with Crippen molar-refractivity contribution in [2.24, 2.45) is 4.99 Å². The third kappa shape index (κ3) is 4.03. The molecule has 1 aromatic heterocycles. The van der Waals surface area contributed by atoms with Crippen LogP contribution in [0.5, 0.6) is 5.75 Å². The van der Waals surface area contributed by atoms with Crippen LogP contribution in [0.15, 0.2) is 60.1 Å². The highest BCUT2D eigenvalue weighted by atomic mass is 32.1. The van der Waals surface area contributed by atoms with Gasteiger partial charge >= 0.3 is 0 Å². The van der Waals surface area contributed by atoms with Crippen LogP contribution >= 0.6 is 11.3 Å². The van der Waals surface area contributed by atoms with E-state index in [0.29, 0.717) is 17.1 Å². The molecule has 1 heterocycles. The maximum Gasteiger partial charge on any atom is 0.286 e. The number of aryl methyl sites for hydroxylation is 1. The van der Waals surface area contributed by atoms with Crippen LogP contribution in [-0.2, 0) is 11.3 Å². The fourth-order valence-corrected chi connectivity index (χ4v) is 3.51. The molecule has 1 amide bonds. The summed E-state index contributed by atoms with van der Waals surface area (Å²) in [4.78, 5) is 16.8. The zero-order valence-electron chi connectivity index (χ0n) is 13.7. The largest absolute Gasteiger partial charge is 0.484 e. The summed E-state index contributed by atoms with van der Waals surface area (Å²) in [6.07, 6.45) is 1.71. The van der Waals surface area contributed by atoms with E-state index >= 15 is 0 Å². The van der Waals surface area contributed by atoms with Crippen molar-refractivity contribution < 1.29 is 13.9 Å². The smallest absolute Gasteiger partial charge is 0.286 e. The molecule has 0 fully saturated rings. The first-order valence-corrected chi connectivity index (χ1v) is 8.55. The Bertz CT molecular complexity index is 1000. The monoisotopic (exact) mass is 356 g/mol. The molecule has 0 unspecified atom stereocenters. The summed E-state index contributed by atoms with van der Waals surface area (Å²) < 4.78 is 21.5. The summed E-state index contributed by atoms with van der Waals surface area (Å²) in [5, 5.41) is 0. The number of aromatic nitrogens is 1. The van der Waals surface area contributed by atoms with Gasteiger partial charge in [0, 0.05) is 6.54 Å². The van der Waals surface area contributed by atoms with Crippen molar-refractivity contribution in [3.63, 3.8) is 0 Å². The molecule has 25 heavy (non-hydrogen) atoms. The quantitative estimate of drug-likeness (QED) is 0.652. The highest BCUT2D eigenvalue weighted by Gasteiger charge is 2.08. The second-order valence-corrected chi connectivity index (χ2v) is 6.52. The Labute approximate surface area is 148 Å². The molecule has 3 aromatic rings. The number of ether oxygens (including phenoxy) is 1. The van der Waals surface area contributed by atoms with Crippen molar-refractivity contribution in [1.29, 1.82) is 0 Å². The average molecular weight is 356 g/mol. The van der Waals surface area contributed by atoms with E-state index < -0.39 is 5.91 Å². The summed E-state index contributed by atoms with van der Waals surface area (Å²) in [5.74, 6) is -0.0903. The molecule has 0 spiro atoms. The van der Waals surface area contributed by atoms with Gasteiger partial charge in [0.1, 0.15) is 11.6 Å². The second kappa shape index (κ2) is 7.44. The van der Waals surface area contributed by atoms with Gasteiger partial charge in [0.15, 0.2) is 11.4 Å². The van der Waals surface area contributed by atoms with Crippen molar-refractivity contribution in [2.45, 2.75) is 13.5 Å². The Morgan fingerprint density at radius 3 is 2.96 bits per heavy atom. The number of amides is 1. The van der Waals surface area contributed by atoms with E-state index in [9.17, 15) is 9.18 Å². The van der Waals surface area contributed by atoms with Crippen LogP contribution < -0.4 is 9.54 Å². The maximum atomic E-state index is 13.4. The van der Waals surface area contributed by atoms with E-state index in [-0.39, 0.29) is 12.4 Å². The molecule has 4 nitrogen and oxygen atoms in total. The van der Waals surface area contributed by atoms with E-state index in [1.807, 2.05) is 29.7 Å². The van der Waals surface area contributed by atoms with E-state index in [1.165, 1.54) is 23.5 Å². The number of thiazole rings is 1. The van der Waals surface area contributed by atoms with Crippen LogP contribution in [0.25, 0.3) is 10.2 Å². The normalized spacial score (nSPS) is 11.7. The summed E-state index contributed by atoms with van der Waals surface area (Å²) in [7, 11) is 0. The molecule has 0 aliphatic heterocycles. The summed E-state index contributed by atoms with van der Waals surface area (Å²) >= 11 is 1.26. The van der Waals surface area contributed by atoms with Gasteiger partial charge in [0.2, 0.25) is 0 Å². The lowest BCUT2D eigenvalue weighted by Gasteiger charge is -2.04. The number of hydrogen-bond donors (Lipinski definition) is 0. The zero-order chi connectivity index (χ0) is 17.8. The zero-order valence-corrected chi connectivity index (χ0v) is 14.6. The van der Waals surface area contributed by atoms with Crippen molar-refractivity contribution in [3.8, 4) is 5.75 Å². The van der Waals surface area contributed by atoms with E-state index in [2.05, 4.69) is 11.6 Å². The van der Waals surface area contributed by atoms with E-state index in [4.69, 9.17) is 4.74 Å². The number of halogens is 1. The number of rotatable bonds is 5. The molecule has 0 aliphatic rings. The van der Waals surface area contributed by atoms with Gasteiger partial charge in [-0.3, -0.25) is 4.79 Å². The topological polar surface area (TPSA) is 43.6 Å². The molecule has 0 atom stereocenters. The van der Waals surface area contributed by atoms with Gasteiger partial charge in [-0.2, -0.15) is 4.99 Å². The molecule has 3 rings (SSSR count). The lowest BCUT2D eigenvalue weighted by Crippen LogP contribution is -2.19. The van der Waals surface area contributed by atoms with Gasteiger partial charge in [-0.05, 0) is 42.8 Å². The van der Waals surface area contributed by atoms with E-state index in [0.717, 1.165) is 15.8 Å². The van der Waals surface area contributed by atoms with Crippen LogP contribution in [0.1, 0.15) is 5.56 Å². The van der Waals surface area contributed by atoms with Crippen LogP contribution in [0.2, 0.25) is 0 Å². The Hall–Kier alpha value is -2.73. The van der Waals surface area contributed by atoms with Crippen LogP contribution in [0, 0.1) is 12.7 Å². The van der Waals surface area contributed by atoms with Crippen LogP contribution in [-0.4, -0.2) is 17.1 Å². The molecule has 0 N–H and O–H groups in total. The summed E-state index contributed by atoms with van der Waals surface area (Å²) in [6, 6.07) is 12.0. The predicted octanol–water partition coefficient (Wildman–Crippen LogP) is 3.84. The van der Waals surface area contributed by atoms with Gasteiger partial charge < -0.3 is 9.30 Å². The number of fused-ring (bicyclic) bond motifs is 1. The predicted molar refractivity (Wildman–Crippen MR) is 97.2 cm³/mol. The minimum atomic E-state index is -0.397.